The van der Waals surface area contributed by atoms with Gasteiger partial charge in [0.1, 0.15) is 17.3 Å². The molecule has 2 amide bonds. The van der Waals surface area contributed by atoms with E-state index in [1.54, 1.807) is 49.1 Å². The number of hydrogen-bond acceptors (Lipinski definition) is 6. The van der Waals surface area contributed by atoms with Crippen LogP contribution in [0.1, 0.15) is 60.0 Å². The van der Waals surface area contributed by atoms with Gasteiger partial charge in [-0.3, -0.25) is 9.59 Å². The van der Waals surface area contributed by atoms with Crippen LogP contribution in [-0.2, 0) is 10.4 Å². The number of rotatable bonds is 6. The minimum Gasteiger partial charge on any atom is -0.386 e. The summed E-state index contributed by atoms with van der Waals surface area (Å²) in [6.07, 6.45) is 2.24. The van der Waals surface area contributed by atoms with E-state index in [4.69, 9.17) is 5.73 Å². The Labute approximate surface area is 196 Å². The van der Waals surface area contributed by atoms with Gasteiger partial charge >= 0.3 is 0 Å². The number of amides is 2. The lowest BCUT2D eigenvalue weighted by Crippen LogP contribution is -2.28. The zero-order chi connectivity index (χ0) is 23.8. The average molecular weight is 471 g/mol. The molecule has 7 nitrogen and oxygen atoms in total. The molecule has 1 atom stereocenters. The molecule has 2 aliphatic rings. The fourth-order valence-corrected chi connectivity index (χ4v) is 5.36. The quantitative estimate of drug-likeness (QED) is 0.595. The molecule has 2 aliphatic heterocycles. The van der Waals surface area contributed by atoms with Crippen LogP contribution in [0.15, 0.2) is 47.0 Å². The molecule has 1 saturated heterocycles. The van der Waals surface area contributed by atoms with Crippen molar-refractivity contribution >= 4 is 29.4 Å². The van der Waals surface area contributed by atoms with Gasteiger partial charge in [0.2, 0.25) is 5.91 Å². The van der Waals surface area contributed by atoms with E-state index >= 15 is 0 Å². The number of carbonyl (C=O) groups excluding carboxylic acids is 2. The number of thioether (sulfide) groups is 1. The molecule has 2 aromatic rings. The summed E-state index contributed by atoms with van der Waals surface area (Å²) in [4.78, 5) is 31.0. The fourth-order valence-electron chi connectivity index (χ4n) is 4.01. The molecule has 33 heavy (non-hydrogen) atoms. The van der Waals surface area contributed by atoms with Crippen LogP contribution >= 0.6 is 11.8 Å². The van der Waals surface area contributed by atoms with Crippen LogP contribution < -0.4 is 11.1 Å². The molecule has 1 unspecified atom stereocenters. The number of primary amides is 1. The second-order valence-corrected chi connectivity index (χ2v) is 10.0. The van der Waals surface area contributed by atoms with Crippen LogP contribution in [0.2, 0.25) is 0 Å². The summed E-state index contributed by atoms with van der Waals surface area (Å²) in [7, 11) is 0. The minimum atomic E-state index is -1.16. The van der Waals surface area contributed by atoms with Gasteiger partial charge in [-0.05, 0) is 56.9 Å². The van der Waals surface area contributed by atoms with Crippen molar-refractivity contribution in [3.63, 3.8) is 0 Å². The number of anilines is 1. The summed E-state index contributed by atoms with van der Waals surface area (Å²) >= 11 is 1.29. The Hall–Kier alpha value is -2.91. The first-order valence-electron chi connectivity index (χ1n) is 10.9. The van der Waals surface area contributed by atoms with E-state index in [0.29, 0.717) is 33.2 Å². The van der Waals surface area contributed by atoms with Gasteiger partial charge in [-0.15, -0.1) is 0 Å². The predicted octanol–water partition coefficient (Wildman–Crippen LogP) is 3.67. The molecule has 0 spiro atoms. The molecule has 1 aromatic carbocycles. The van der Waals surface area contributed by atoms with E-state index in [9.17, 15) is 19.1 Å². The van der Waals surface area contributed by atoms with Crippen LogP contribution in [0.4, 0.5) is 10.2 Å². The fraction of sp³-hybridized carbons (Fsp3) is 0.375. The lowest BCUT2D eigenvalue weighted by molar-refractivity contribution is -0.114. The van der Waals surface area contributed by atoms with E-state index in [0.717, 1.165) is 25.9 Å². The molecule has 0 saturated carbocycles. The van der Waals surface area contributed by atoms with Gasteiger partial charge < -0.3 is 21.1 Å². The van der Waals surface area contributed by atoms with Crippen molar-refractivity contribution in [3.8, 4) is 0 Å². The molecule has 3 heterocycles. The summed E-state index contributed by atoms with van der Waals surface area (Å²) in [6, 6.07) is 9.74. The van der Waals surface area contributed by atoms with Crippen LogP contribution in [-0.4, -0.2) is 39.9 Å². The Morgan fingerprint density at radius 2 is 1.97 bits per heavy atom. The summed E-state index contributed by atoms with van der Waals surface area (Å²) < 4.78 is 14.9. The predicted molar refractivity (Wildman–Crippen MR) is 126 cm³/mol. The van der Waals surface area contributed by atoms with Crippen molar-refractivity contribution in [1.82, 2.24) is 9.88 Å². The third-order valence-corrected chi connectivity index (χ3v) is 7.17. The van der Waals surface area contributed by atoms with Gasteiger partial charge in [-0.1, -0.05) is 30.0 Å². The highest BCUT2D eigenvalue weighted by Crippen LogP contribution is 2.48. The lowest BCUT2D eigenvalue weighted by Gasteiger charge is -2.20. The zero-order valence-electron chi connectivity index (χ0n) is 18.6. The number of aliphatic hydroxyl groups is 1. The first-order chi connectivity index (χ1) is 15.6. The smallest absolute Gasteiger partial charge is 0.272 e. The third-order valence-electron chi connectivity index (χ3n) is 5.88. The minimum absolute atomic E-state index is 0.119. The van der Waals surface area contributed by atoms with Crippen molar-refractivity contribution in [2.45, 2.75) is 44.0 Å². The molecular formula is C24H27FN4O3S. The van der Waals surface area contributed by atoms with Crippen molar-refractivity contribution in [3.05, 3.63) is 69.6 Å². The highest BCUT2D eigenvalue weighted by molar-refractivity contribution is 8.03. The second-order valence-electron chi connectivity index (χ2n) is 8.81. The van der Waals surface area contributed by atoms with Gasteiger partial charge in [0.25, 0.3) is 5.91 Å². The number of likely N-dealkylation sites (tertiary alicyclic amines) is 1. The maximum Gasteiger partial charge on any atom is 0.272 e. The molecule has 0 bridgehead atoms. The highest BCUT2D eigenvalue weighted by Gasteiger charge is 2.32. The highest BCUT2D eigenvalue weighted by atomic mass is 32.2. The van der Waals surface area contributed by atoms with Crippen LogP contribution in [0, 0.1) is 5.82 Å². The number of halogens is 1. The largest absolute Gasteiger partial charge is 0.386 e. The first-order valence-corrected chi connectivity index (χ1v) is 11.8. The number of carbonyl (C=O) groups is 2. The summed E-state index contributed by atoms with van der Waals surface area (Å²) in [5.74, 6) is -0.746. The van der Waals surface area contributed by atoms with Gasteiger partial charge in [-0.25, -0.2) is 9.37 Å². The number of aromatic nitrogens is 1. The maximum atomic E-state index is 14.9. The van der Waals surface area contributed by atoms with Gasteiger partial charge in [0.15, 0.2) is 0 Å². The maximum absolute atomic E-state index is 14.9. The molecule has 0 radical (unpaired) electrons. The van der Waals surface area contributed by atoms with Gasteiger partial charge in [-0.2, -0.15) is 0 Å². The van der Waals surface area contributed by atoms with Crippen molar-refractivity contribution in [2.24, 2.45) is 5.73 Å². The Morgan fingerprint density at radius 1 is 1.24 bits per heavy atom. The van der Waals surface area contributed by atoms with Crippen molar-refractivity contribution in [2.75, 3.05) is 18.4 Å². The second kappa shape index (κ2) is 9.15. The molecular weight excluding hydrogens is 443 g/mol. The Bertz CT molecular complexity index is 1120. The standard InChI is InChI=1S/C24H27FN4O3S/c1-24(2,32)14-8-9-15(17(25)12-14)19-13-16(21(26)30)22(33-19)28-20-7-5-6-18(27-20)23(31)29-10-3-4-11-29/h5-9,12,19,32H,3-4,10-11,13H2,1-2H3,(H2,26,30)(H,27,28). The van der Waals surface area contributed by atoms with Gasteiger partial charge in [0.05, 0.1) is 10.6 Å². The molecule has 1 fully saturated rings. The number of nitrogens with two attached hydrogens (primary N) is 1. The topological polar surface area (TPSA) is 109 Å². The number of nitrogens with zero attached hydrogens (tertiary/aromatic N) is 2. The SMILES string of the molecule is CC(C)(O)c1ccc(C2CC(C(N)=O)=C(Nc3cccc(C(=O)N4CCCC4)n3)S2)c(F)c1. The van der Waals surface area contributed by atoms with E-state index in [1.807, 2.05) is 0 Å². The Kier molecular flexibility index (Phi) is 6.45. The number of hydrogen-bond donors (Lipinski definition) is 3. The number of pyridine rings is 1. The monoisotopic (exact) mass is 470 g/mol. The third kappa shape index (κ3) is 5.04. The van der Waals surface area contributed by atoms with Crippen molar-refractivity contribution in [1.29, 1.82) is 0 Å². The van der Waals surface area contributed by atoms with Crippen LogP contribution in [0.5, 0.6) is 0 Å². The summed E-state index contributed by atoms with van der Waals surface area (Å²) in [5, 5.41) is 13.4. The Balaban J connectivity index is 1.54. The molecule has 9 heteroatoms. The number of benzene rings is 1. The molecule has 174 valence electrons. The number of nitrogens with one attached hydrogen (secondary N) is 1. The Morgan fingerprint density at radius 3 is 2.61 bits per heavy atom. The zero-order valence-corrected chi connectivity index (χ0v) is 19.4. The lowest BCUT2D eigenvalue weighted by atomic mass is 9.95. The van der Waals surface area contributed by atoms with E-state index in [1.165, 1.54) is 17.8 Å². The normalized spacial score (nSPS) is 18.7. The van der Waals surface area contributed by atoms with E-state index in [-0.39, 0.29) is 17.6 Å². The average Bonchev–Trinajstić information content (AvgIpc) is 3.43. The first kappa shape index (κ1) is 23.3. The molecule has 1 aromatic heterocycles. The summed E-state index contributed by atoms with van der Waals surface area (Å²) in [6.45, 7) is 4.64. The molecule has 4 rings (SSSR count). The van der Waals surface area contributed by atoms with Crippen molar-refractivity contribution < 1.29 is 19.1 Å². The van der Waals surface area contributed by atoms with Crippen LogP contribution in [0.25, 0.3) is 0 Å². The van der Waals surface area contributed by atoms with Crippen LogP contribution in [0.3, 0.4) is 0 Å². The van der Waals surface area contributed by atoms with E-state index in [2.05, 4.69) is 10.3 Å². The molecule has 0 aliphatic carbocycles. The molecule has 4 N–H and O–H groups in total. The van der Waals surface area contributed by atoms with Gasteiger partial charge in [0, 0.05) is 29.5 Å². The summed E-state index contributed by atoms with van der Waals surface area (Å²) in [5.41, 5.74) is 6.03. The van der Waals surface area contributed by atoms with E-state index < -0.39 is 17.3 Å².